The first kappa shape index (κ1) is 26.7. The molecule has 2 heterocycles. The Bertz CT molecular complexity index is 2760. The molecule has 1 unspecified atom stereocenters. The Kier molecular flexibility index (Phi) is 5.38. The van der Waals surface area contributed by atoms with Gasteiger partial charge in [0.25, 0.3) is 0 Å². The normalized spacial score (nSPS) is 16.2. The zero-order valence-corrected chi connectivity index (χ0v) is 26.8. The maximum atomic E-state index is 5.44. The van der Waals surface area contributed by atoms with Crippen LogP contribution in [-0.2, 0) is 5.41 Å². The van der Waals surface area contributed by atoms with E-state index in [-0.39, 0.29) is 5.41 Å². The molecule has 2 aromatic heterocycles. The van der Waals surface area contributed by atoms with Gasteiger partial charge in [0.2, 0.25) is 5.95 Å². The smallest absolute Gasteiger partial charge is 0.235 e. The van der Waals surface area contributed by atoms with Gasteiger partial charge in [0, 0.05) is 27.0 Å². The van der Waals surface area contributed by atoms with Gasteiger partial charge in [-0.3, -0.25) is 4.57 Å². The topological polar surface area (TPSA) is 30.7 Å². The highest BCUT2D eigenvalue weighted by molar-refractivity contribution is 6.12. The fourth-order valence-electron chi connectivity index (χ4n) is 8.38. The summed E-state index contributed by atoms with van der Waals surface area (Å²) < 4.78 is 2.31. The van der Waals surface area contributed by atoms with E-state index in [2.05, 4.69) is 153 Å². The van der Waals surface area contributed by atoms with Crippen LogP contribution in [0.4, 0.5) is 0 Å². The Balaban J connectivity index is 1.28. The molecule has 0 spiro atoms. The van der Waals surface area contributed by atoms with Crippen molar-refractivity contribution in [2.75, 3.05) is 0 Å². The van der Waals surface area contributed by atoms with Crippen LogP contribution in [0.5, 0.6) is 0 Å². The Morgan fingerprint density at radius 3 is 2.28 bits per heavy atom. The van der Waals surface area contributed by atoms with Crippen LogP contribution >= 0.6 is 0 Å². The minimum atomic E-state index is -0.161. The Morgan fingerprint density at radius 1 is 0.660 bits per heavy atom. The van der Waals surface area contributed by atoms with Gasteiger partial charge in [-0.1, -0.05) is 124 Å². The van der Waals surface area contributed by atoms with E-state index < -0.39 is 0 Å². The molecule has 0 saturated heterocycles. The van der Waals surface area contributed by atoms with E-state index in [0.717, 1.165) is 45.2 Å². The van der Waals surface area contributed by atoms with Crippen molar-refractivity contribution in [1.82, 2.24) is 14.5 Å². The minimum absolute atomic E-state index is 0.161. The summed E-state index contributed by atoms with van der Waals surface area (Å²) in [5.74, 6) is 1.14. The summed E-state index contributed by atoms with van der Waals surface area (Å²) in [7, 11) is 0. The van der Waals surface area contributed by atoms with Crippen molar-refractivity contribution in [2.45, 2.75) is 32.6 Å². The van der Waals surface area contributed by atoms with E-state index in [1.165, 1.54) is 54.6 Å². The summed E-state index contributed by atoms with van der Waals surface area (Å²) in [5, 5.41) is 9.67. The lowest BCUT2D eigenvalue weighted by atomic mass is 9.80. The molecule has 2 aliphatic rings. The maximum Gasteiger partial charge on any atom is 0.235 e. The van der Waals surface area contributed by atoms with Crippen LogP contribution in [0.15, 0.2) is 115 Å². The molecule has 0 aliphatic heterocycles. The number of hydrogen-bond acceptors (Lipinski definition) is 2. The molecule has 0 bridgehead atoms. The third-order valence-corrected chi connectivity index (χ3v) is 10.7. The molecule has 47 heavy (non-hydrogen) atoms. The van der Waals surface area contributed by atoms with Crippen LogP contribution in [0.25, 0.3) is 83.8 Å². The third kappa shape index (κ3) is 3.74. The first-order chi connectivity index (χ1) is 23.0. The SMILES string of the molecule is CC1C=c2nc(-n3c4ccccc4c4cc5c(cc43)C(C)(C)c3c-5ccc4ccccc34)nc(-c3ccc4ccccc4c3)c2=CC1. The van der Waals surface area contributed by atoms with Crippen molar-refractivity contribution in [3.8, 4) is 28.3 Å². The molecule has 10 rings (SSSR count). The Hall–Kier alpha value is -5.54. The quantitative estimate of drug-likeness (QED) is 0.197. The number of aromatic nitrogens is 3. The second kappa shape index (κ2) is 9.49. The van der Waals surface area contributed by atoms with Gasteiger partial charge in [0.15, 0.2) is 0 Å². The highest BCUT2D eigenvalue weighted by Gasteiger charge is 2.38. The van der Waals surface area contributed by atoms with E-state index in [4.69, 9.17) is 9.97 Å². The predicted molar refractivity (Wildman–Crippen MR) is 196 cm³/mol. The van der Waals surface area contributed by atoms with Crippen molar-refractivity contribution in [1.29, 1.82) is 0 Å². The van der Waals surface area contributed by atoms with E-state index in [1.807, 2.05) is 0 Å². The van der Waals surface area contributed by atoms with Crippen molar-refractivity contribution >= 4 is 55.5 Å². The average Bonchev–Trinajstić information content (AvgIpc) is 3.54. The van der Waals surface area contributed by atoms with Crippen molar-refractivity contribution in [3.63, 3.8) is 0 Å². The molecule has 3 nitrogen and oxygen atoms in total. The lowest BCUT2D eigenvalue weighted by Crippen LogP contribution is -2.36. The second-order valence-corrected chi connectivity index (χ2v) is 13.9. The van der Waals surface area contributed by atoms with Crippen LogP contribution in [0.2, 0.25) is 0 Å². The zero-order valence-electron chi connectivity index (χ0n) is 26.8. The number of nitrogens with zero attached hydrogens (tertiary/aromatic N) is 3. The molecule has 8 aromatic rings. The number of benzene rings is 6. The molecule has 0 N–H and O–H groups in total. The molecule has 0 radical (unpaired) electrons. The van der Waals surface area contributed by atoms with Gasteiger partial charge >= 0.3 is 0 Å². The van der Waals surface area contributed by atoms with Crippen LogP contribution in [0.1, 0.15) is 38.3 Å². The molecule has 3 heteroatoms. The molecule has 0 fully saturated rings. The van der Waals surface area contributed by atoms with E-state index in [0.29, 0.717) is 5.92 Å². The van der Waals surface area contributed by atoms with Crippen LogP contribution in [0, 0.1) is 5.92 Å². The Labute approximate surface area is 273 Å². The van der Waals surface area contributed by atoms with Crippen molar-refractivity contribution < 1.29 is 0 Å². The standard InChI is InChI=1S/C44H33N3/c1-26-16-20-34-38(22-26)45-43(46-42(34)30-18-17-27-10-4-5-12-29(27)23-30)47-39-15-9-8-14-32(39)36-24-35-33-21-19-28-11-6-7-13-31(28)41(33)44(2,3)37(35)25-40(36)47/h4-15,17-26H,16H2,1-3H3. The van der Waals surface area contributed by atoms with Gasteiger partial charge in [-0.05, 0) is 80.4 Å². The third-order valence-electron chi connectivity index (χ3n) is 10.7. The Morgan fingerprint density at radius 2 is 1.40 bits per heavy atom. The predicted octanol–water partition coefficient (Wildman–Crippen LogP) is 9.45. The van der Waals surface area contributed by atoms with Gasteiger partial charge in [-0.15, -0.1) is 0 Å². The largest absolute Gasteiger partial charge is 0.278 e. The summed E-state index contributed by atoms with van der Waals surface area (Å²) in [4.78, 5) is 10.8. The molecular weight excluding hydrogens is 571 g/mol. The van der Waals surface area contributed by atoms with Crippen LogP contribution in [0.3, 0.4) is 0 Å². The van der Waals surface area contributed by atoms with Crippen LogP contribution < -0.4 is 10.6 Å². The first-order valence-corrected chi connectivity index (χ1v) is 16.7. The molecule has 0 amide bonds. The number of fused-ring (bicyclic) bond motifs is 10. The fraction of sp³-hybridized carbons (Fsp3) is 0.136. The molecular formula is C44H33N3. The lowest BCUT2D eigenvalue weighted by molar-refractivity contribution is 0.667. The van der Waals surface area contributed by atoms with Gasteiger partial charge in [-0.2, -0.15) is 0 Å². The van der Waals surface area contributed by atoms with Crippen molar-refractivity contribution in [3.05, 3.63) is 137 Å². The van der Waals surface area contributed by atoms with E-state index in [9.17, 15) is 0 Å². The van der Waals surface area contributed by atoms with Crippen LogP contribution in [-0.4, -0.2) is 14.5 Å². The van der Waals surface area contributed by atoms with Crippen molar-refractivity contribution in [2.24, 2.45) is 5.92 Å². The number of hydrogen-bond donors (Lipinski definition) is 0. The highest BCUT2D eigenvalue weighted by Crippen LogP contribution is 2.53. The van der Waals surface area contributed by atoms with E-state index >= 15 is 0 Å². The second-order valence-electron chi connectivity index (χ2n) is 13.9. The molecule has 0 saturated carbocycles. The summed E-state index contributed by atoms with van der Waals surface area (Å²) in [5.41, 5.74) is 9.65. The van der Waals surface area contributed by atoms with Gasteiger partial charge < -0.3 is 0 Å². The van der Waals surface area contributed by atoms with Gasteiger partial charge in [-0.25, -0.2) is 9.97 Å². The van der Waals surface area contributed by atoms with Gasteiger partial charge in [0.05, 0.1) is 22.1 Å². The lowest BCUT2D eigenvalue weighted by Gasteiger charge is -2.23. The summed E-state index contributed by atoms with van der Waals surface area (Å²) in [6.07, 6.45) is 5.64. The van der Waals surface area contributed by atoms with E-state index in [1.54, 1.807) is 0 Å². The minimum Gasteiger partial charge on any atom is -0.278 e. The molecule has 1 atom stereocenters. The first-order valence-electron chi connectivity index (χ1n) is 16.7. The summed E-state index contributed by atoms with van der Waals surface area (Å²) in [6.45, 7) is 7.02. The zero-order chi connectivity index (χ0) is 31.4. The summed E-state index contributed by atoms with van der Waals surface area (Å²) >= 11 is 0. The summed E-state index contributed by atoms with van der Waals surface area (Å²) in [6, 6.07) is 42.2. The number of rotatable bonds is 2. The fourth-order valence-corrected chi connectivity index (χ4v) is 8.38. The van der Waals surface area contributed by atoms with Gasteiger partial charge in [0.1, 0.15) is 0 Å². The molecule has 2 aliphatic carbocycles. The highest BCUT2D eigenvalue weighted by atomic mass is 15.2. The molecule has 6 aromatic carbocycles. The number of para-hydroxylation sites is 1. The average molecular weight is 604 g/mol. The molecule has 224 valence electrons. The maximum absolute atomic E-state index is 5.44. The monoisotopic (exact) mass is 603 g/mol.